The zero-order chi connectivity index (χ0) is 18.7. The van der Waals surface area contributed by atoms with Crippen molar-refractivity contribution >= 4 is 40.2 Å². The van der Waals surface area contributed by atoms with Gasteiger partial charge in [-0.15, -0.1) is 0 Å². The smallest absolute Gasteiger partial charge is 0.275 e. The highest BCUT2D eigenvalue weighted by molar-refractivity contribution is 6.33. The highest BCUT2D eigenvalue weighted by atomic mass is 35.5. The van der Waals surface area contributed by atoms with E-state index < -0.39 is 10.8 Å². The number of aromatic hydroxyl groups is 1. The average Bonchev–Trinajstić information content (AvgIpc) is 2.62. The van der Waals surface area contributed by atoms with Crippen molar-refractivity contribution in [3.8, 4) is 5.75 Å². The van der Waals surface area contributed by atoms with Crippen LogP contribution in [-0.2, 0) is 0 Å². The Hall–Kier alpha value is -3.45. The quantitative estimate of drug-likeness (QED) is 0.413. The normalized spacial score (nSPS) is 11.0. The van der Waals surface area contributed by atoms with Crippen LogP contribution in [0.15, 0.2) is 59.7 Å². The summed E-state index contributed by atoms with van der Waals surface area (Å²) in [6, 6.07) is 14.2. The molecule has 0 unspecified atom stereocenters. The fourth-order valence-electron chi connectivity index (χ4n) is 2.37. The van der Waals surface area contributed by atoms with Crippen LogP contribution in [0, 0.1) is 10.1 Å². The van der Waals surface area contributed by atoms with E-state index in [-0.39, 0.29) is 27.6 Å². The minimum Gasteiger partial charge on any atom is -0.507 e. The molecule has 1 amide bonds. The summed E-state index contributed by atoms with van der Waals surface area (Å²) >= 11 is 5.96. The highest BCUT2D eigenvalue weighted by Gasteiger charge is 2.12. The number of hydrogen-bond donors (Lipinski definition) is 2. The fraction of sp³-hybridized carbons (Fsp3) is 0. The number of hydrazone groups is 1. The largest absolute Gasteiger partial charge is 0.507 e. The number of halogens is 1. The summed E-state index contributed by atoms with van der Waals surface area (Å²) < 4.78 is 0. The molecule has 2 N–H and O–H groups in total. The monoisotopic (exact) mass is 369 g/mol. The molecule has 0 saturated carbocycles. The summed E-state index contributed by atoms with van der Waals surface area (Å²) in [6.07, 6.45) is 1.20. The molecule has 3 rings (SSSR count). The molecule has 0 aromatic heterocycles. The van der Waals surface area contributed by atoms with Gasteiger partial charge in [0.15, 0.2) is 0 Å². The number of nitrogens with zero attached hydrogens (tertiary/aromatic N) is 2. The fourth-order valence-corrected chi connectivity index (χ4v) is 2.54. The molecule has 0 atom stereocenters. The van der Waals surface area contributed by atoms with Gasteiger partial charge in [-0.1, -0.05) is 35.9 Å². The van der Waals surface area contributed by atoms with E-state index in [0.29, 0.717) is 0 Å². The second kappa shape index (κ2) is 7.20. The minimum absolute atomic E-state index is 0.0611. The van der Waals surface area contributed by atoms with Crippen LogP contribution in [0.4, 0.5) is 5.69 Å². The molecule has 0 heterocycles. The molecule has 0 fully saturated rings. The first-order chi connectivity index (χ1) is 12.5. The molecule has 3 aromatic carbocycles. The highest BCUT2D eigenvalue weighted by Crippen LogP contribution is 2.25. The molecular weight excluding hydrogens is 358 g/mol. The van der Waals surface area contributed by atoms with Crippen LogP contribution in [-0.4, -0.2) is 22.2 Å². The number of carbonyl (C=O) groups excluding carboxylic acids is 1. The second-order valence-electron chi connectivity index (χ2n) is 5.38. The van der Waals surface area contributed by atoms with E-state index in [4.69, 9.17) is 11.6 Å². The lowest BCUT2D eigenvalue weighted by Crippen LogP contribution is -2.17. The van der Waals surface area contributed by atoms with Gasteiger partial charge in [-0.05, 0) is 29.0 Å². The Kier molecular flexibility index (Phi) is 4.81. The van der Waals surface area contributed by atoms with Crippen LogP contribution >= 0.6 is 11.6 Å². The van der Waals surface area contributed by atoms with Gasteiger partial charge in [-0.3, -0.25) is 14.9 Å². The topological polar surface area (TPSA) is 105 Å². The lowest BCUT2D eigenvalue weighted by Gasteiger charge is -2.05. The first-order valence-corrected chi connectivity index (χ1v) is 7.82. The standard InChI is InChI=1S/C18H12ClN3O4/c19-16-6-5-14(22(25)26)7-13(16)10-20-21-18(24)15-8-11-3-1-2-4-12(11)9-17(15)23/h1-10,23H,(H,21,24)/b20-10+. The van der Waals surface area contributed by atoms with E-state index in [1.807, 2.05) is 24.3 Å². The third kappa shape index (κ3) is 3.62. The van der Waals surface area contributed by atoms with E-state index in [9.17, 15) is 20.0 Å². The zero-order valence-corrected chi connectivity index (χ0v) is 14.0. The number of nitrogens with one attached hydrogen (secondary N) is 1. The molecule has 0 radical (unpaired) electrons. The molecule has 0 aliphatic rings. The van der Waals surface area contributed by atoms with E-state index in [1.165, 1.54) is 30.5 Å². The number of phenolic OH excluding ortho intramolecular Hbond substituents is 1. The van der Waals surface area contributed by atoms with Gasteiger partial charge in [0.05, 0.1) is 16.7 Å². The molecule has 0 bridgehead atoms. The summed E-state index contributed by atoms with van der Waals surface area (Å²) in [5, 5.41) is 26.4. The Morgan fingerprint density at radius 3 is 2.54 bits per heavy atom. The number of carbonyl (C=O) groups is 1. The average molecular weight is 370 g/mol. The van der Waals surface area contributed by atoms with Gasteiger partial charge < -0.3 is 5.11 Å². The third-order valence-electron chi connectivity index (χ3n) is 3.67. The molecule has 3 aromatic rings. The van der Waals surface area contributed by atoms with Crippen molar-refractivity contribution in [1.29, 1.82) is 0 Å². The lowest BCUT2D eigenvalue weighted by molar-refractivity contribution is -0.384. The Balaban J connectivity index is 1.81. The number of nitro benzene ring substituents is 1. The van der Waals surface area contributed by atoms with Gasteiger partial charge in [0, 0.05) is 22.7 Å². The first kappa shape index (κ1) is 17.4. The van der Waals surface area contributed by atoms with Gasteiger partial charge in [0.1, 0.15) is 5.75 Å². The van der Waals surface area contributed by atoms with Crippen LogP contribution in [0.2, 0.25) is 5.02 Å². The van der Waals surface area contributed by atoms with Gasteiger partial charge in [-0.2, -0.15) is 5.10 Å². The molecule has 26 heavy (non-hydrogen) atoms. The van der Waals surface area contributed by atoms with Crippen molar-refractivity contribution in [2.45, 2.75) is 0 Å². The summed E-state index contributed by atoms with van der Waals surface area (Å²) in [5.41, 5.74) is 2.47. The Morgan fingerprint density at radius 2 is 1.85 bits per heavy atom. The number of phenols is 1. The van der Waals surface area contributed by atoms with Crippen molar-refractivity contribution < 1.29 is 14.8 Å². The first-order valence-electron chi connectivity index (χ1n) is 7.45. The number of benzene rings is 3. The molecule has 7 nitrogen and oxygen atoms in total. The molecule has 0 aliphatic carbocycles. The van der Waals surface area contributed by atoms with Crippen LogP contribution in [0.3, 0.4) is 0 Å². The number of hydrogen-bond acceptors (Lipinski definition) is 5. The van der Waals surface area contributed by atoms with E-state index in [1.54, 1.807) is 6.07 Å². The summed E-state index contributed by atoms with van der Waals surface area (Å²) in [5.74, 6) is -0.796. The number of nitro groups is 1. The van der Waals surface area contributed by atoms with Crippen LogP contribution in [0.25, 0.3) is 10.8 Å². The van der Waals surface area contributed by atoms with Crippen molar-refractivity contribution in [1.82, 2.24) is 5.43 Å². The second-order valence-corrected chi connectivity index (χ2v) is 5.79. The van der Waals surface area contributed by atoms with Crippen molar-refractivity contribution in [2.24, 2.45) is 5.10 Å². The maximum absolute atomic E-state index is 12.2. The van der Waals surface area contributed by atoms with Gasteiger partial charge in [0.2, 0.25) is 0 Å². The number of rotatable bonds is 4. The van der Waals surface area contributed by atoms with E-state index >= 15 is 0 Å². The lowest BCUT2D eigenvalue weighted by atomic mass is 10.1. The zero-order valence-electron chi connectivity index (χ0n) is 13.2. The predicted molar refractivity (Wildman–Crippen MR) is 98.8 cm³/mol. The van der Waals surface area contributed by atoms with Crippen LogP contribution in [0.5, 0.6) is 5.75 Å². The third-order valence-corrected chi connectivity index (χ3v) is 4.01. The molecule has 8 heteroatoms. The van der Waals surface area contributed by atoms with Crippen molar-refractivity contribution in [3.05, 3.63) is 80.9 Å². The summed E-state index contributed by atoms with van der Waals surface area (Å²) in [4.78, 5) is 22.5. The predicted octanol–water partition coefficient (Wildman–Crippen LogP) is 3.87. The van der Waals surface area contributed by atoms with Gasteiger partial charge >= 0.3 is 0 Å². The molecule has 0 aliphatic heterocycles. The Labute approximate surface area is 152 Å². The molecule has 0 spiro atoms. The van der Waals surface area contributed by atoms with Crippen molar-refractivity contribution in [2.75, 3.05) is 0 Å². The van der Waals surface area contributed by atoms with Crippen LogP contribution < -0.4 is 5.43 Å². The number of amides is 1. The maximum Gasteiger partial charge on any atom is 0.275 e. The maximum atomic E-state index is 12.2. The van der Waals surface area contributed by atoms with E-state index in [2.05, 4.69) is 10.5 Å². The summed E-state index contributed by atoms with van der Waals surface area (Å²) in [7, 11) is 0. The van der Waals surface area contributed by atoms with Crippen molar-refractivity contribution in [3.63, 3.8) is 0 Å². The van der Waals surface area contributed by atoms with Gasteiger partial charge in [0.25, 0.3) is 11.6 Å². The number of non-ortho nitro benzene ring substituents is 1. The summed E-state index contributed by atoms with van der Waals surface area (Å²) in [6.45, 7) is 0. The molecular formula is C18H12ClN3O4. The molecule has 130 valence electrons. The SMILES string of the molecule is O=C(N/N=C/c1cc([N+](=O)[O-])ccc1Cl)c1cc2ccccc2cc1O. The van der Waals surface area contributed by atoms with E-state index in [0.717, 1.165) is 10.8 Å². The molecule has 0 saturated heterocycles. The Morgan fingerprint density at radius 1 is 1.15 bits per heavy atom. The number of fused-ring (bicyclic) bond motifs is 1. The van der Waals surface area contributed by atoms with Gasteiger partial charge in [-0.25, -0.2) is 5.43 Å². The minimum atomic E-state index is -0.619. The Bertz CT molecular complexity index is 1050. The van der Waals surface area contributed by atoms with Crippen LogP contribution in [0.1, 0.15) is 15.9 Å².